The van der Waals surface area contributed by atoms with Crippen LogP contribution < -0.4 is 10.6 Å². The lowest BCUT2D eigenvalue weighted by Gasteiger charge is -2.22. The van der Waals surface area contributed by atoms with Crippen LogP contribution in [0.3, 0.4) is 0 Å². The lowest BCUT2D eigenvalue weighted by atomic mass is 10.1. The third-order valence-corrected chi connectivity index (χ3v) is 3.78. The number of rotatable bonds is 5. The summed E-state index contributed by atoms with van der Waals surface area (Å²) in [4.78, 5) is 26.1. The van der Waals surface area contributed by atoms with Crippen molar-refractivity contribution in [3.63, 3.8) is 0 Å². The van der Waals surface area contributed by atoms with Gasteiger partial charge in [-0.25, -0.2) is 14.6 Å². The molecule has 1 aliphatic rings. The fraction of sp³-hybridized carbons (Fsp3) is 0.583. The molecule has 0 radical (unpaired) electrons. The van der Waals surface area contributed by atoms with Crippen molar-refractivity contribution in [3.8, 4) is 0 Å². The Bertz CT molecular complexity index is 471. The van der Waals surface area contributed by atoms with E-state index in [1.165, 1.54) is 16.7 Å². The molecule has 0 saturated carbocycles. The first kappa shape index (κ1) is 14.7. The molecular formula is C12H17N3O4S. The van der Waals surface area contributed by atoms with E-state index < -0.39 is 5.97 Å². The standard InChI is InChI=1S/C12H17N3O4S/c16-11(17)9-7-20-10(15-9)6-14-12(18)13-5-8-3-1-2-4-19-8/h7-8H,1-6H2,(H,16,17)(H2,13,14,18). The van der Waals surface area contributed by atoms with E-state index in [1.807, 2.05) is 0 Å². The summed E-state index contributed by atoms with van der Waals surface area (Å²) in [5.74, 6) is -1.06. The lowest BCUT2D eigenvalue weighted by Crippen LogP contribution is -2.41. The molecule has 2 amide bonds. The number of urea groups is 1. The van der Waals surface area contributed by atoms with Crippen LogP contribution in [0.5, 0.6) is 0 Å². The fourth-order valence-electron chi connectivity index (χ4n) is 1.88. The zero-order valence-corrected chi connectivity index (χ0v) is 11.7. The Labute approximate surface area is 120 Å². The average Bonchev–Trinajstić information content (AvgIpc) is 2.93. The van der Waals surface area contributed by atoms with Crippen molar-refractivity contribution in [2.24, 2.45) is 0 Å². The predicted octanol–water partition coefficient (Wildman–Crippen LogP) is 1.21. The summed E-state index contributed by atoms with van der Waals surface area (Å²) in [6.45, 7) is 1.46. The molecule has 7 nitrogen and oxygen atoms in total. The summed E-state index contributed by atoms with van der Waals surface area (Å²) in [7, 11) is 0. The van der Waals surface area contributed by atoms with Crippen molar-refractivity contribution in [1.29, 1.82) is 0 Å². The molecule has 8 heteroatoms. The van der Waals surface area contributed by atoms with Gasteiger partial charge in [-0.05, 0) is 19.3 Å². The van der Waals surface area contributed by atoms with Crippen LogP contribution in [0.1, 0.15) is 34.8 Å². The van der Waals surface area contributed by atoms with Gasteiger partial charge in [-0.15, -0.1) is 11.3 Å². The molecule has 1 fully saturated rings. The van der Waals surface area contributed by atoms with Gasteiger partial charge in [-0.3, -0.25) is 0 Å². The Kier molecular flexibility index (Phi) is 5.31. The second-order valence-corrected chi connectivity index (χ2v) is 5.43. The van der Waals surface area contributed by atoms with Crippen molar-refractivity contribution in [2.45, 2.75) is 31.9 Å². The molecule has 0 spiro atoms. The summed E-state index contributed by atoms with van der Waals surface area (Å²) in [6.07, 6.45) is 3.27. The summed E-state index contributed by atoms with van der Waals surface area (Å²) in [5, 5.41) is 16.1. The molecule has 1 aliphatic heterocycles. The zero-order valence-electron chi connectivity index (χ0n) is 10.9. The normalized spacial score (nSPS) is 18.5. The number of carbonyl (C=O) groups is 2. The molecule has 1 unspecified atom stereocenters. The molecule has 110 valence electrons. The number of hydrogen-bond donors (Lipinski definition) is 3. The Morgan fingerprint density at radius 1 is 1.45 bits per heavy atom. The van der Waals surface area contributed by atoms with Crippen LogP contribution in [-0.4, -0.2) is 41.3 Å². The SMILES string of the molecule is O=C(NCc1nc(C(=O)O)cs1)NCC1CCCCO1. The maximum atomic E-state index is 11.6. The molecule has 3 N–H and O–H groups in total. The van der Waals surface area contributed by atoms with Gasteiger partial charge in [0.1, 0.15) is 5.01 Å². The number of ether oxygens (including phenoxy) is 1. The molecular weight excluding hydrogens is 282 g/mol. The van der Waals surface area contributed by atoms with Crippen LogP contribution in [0.25, 0.3) is 0 Å². The number of carbonyl (C=O) groups excluding carboxylic acids is 1. The van der Waals surface area contributed by atoms with Crippen molar-refractivity contribution in [1.82, 2.24) is 15.6 Å². The van der Waals surface area contributed by atoms with Crippen LogP contribution in [0, 0.1) is 0 Å². The van der Waals surface area contributed by atoms with Gasteiger partial charge in [0, 0.05) is 18.5 Å². The van der Waals surface area contributed by atoms with Crippen LogP contribution in [0.4, 0.5) is 4.79 Å². The van der Waals surface area contributed by atoms with Crippen molar-refractivity contribution in [2.75, 3.05) is 13.2 Å². The molecule has 0 aromatic carbocycles. The predicted molar refractivity (Wildman–Crippen MR) is 72.9 cm³/mol. The van der Waals surface area contributed by atoms with Crippen LogP contribution in [0.2, 0.25) is 0 Å². The first-order valence-electron chi connectivity index (χ1n) is 6.46. The number of aromatic nitrogens is 1. The molecule has 0 aliphatic carbocycles. The minimum Gasteiger partial charge on any atom is -0.476 e. The number of nitrogens with one attached hydrogen (secondary N) is 2. The Balaban J connectivity index is 1.67. The fourth-order valence-corrected chi connectivity index (χ4v) is 2.59. The van der Waals surface area contributed by atoms with Gasteiger partial charge in [0.25, 0.3) is 0 Å². The van der Waals surface area contributed by atoms with Crippen LogP contribution >= 0.6 is 11.3 Å². The summed E-state index contributed by atoms with van der Waals surface area (Å²) < 4.78 is 5.50. The van der Waals surface area contributed by atoms with E-state index in [9.17, 15) is 9.59 Å². The van der Waals surface area contributed by atoms with Gasteiger partial charge in [0.15, 0.2) is 5.69 Å². The molecule has 1 aromatic rings. The summed E-state index contributed by atoms with van der Waals surface area (Å²) in [5.41, 5.74) is 0.00261. The highest BCUT2D eigenvalue weighted by Gasteiger charge is 2.15. The largest absolute Gasteiger partial charge is 0.476 e. The van der Waals surface area contributed by atoms with Crippen LogP contribution in [0.15, 0.2) is 5.38 Å². The second kappa shape index (κ2) is 7.20. The monoisotopic (exact) mass is 299 g/mol. The van der Waals surface area contributed by atoms with E-state index in [0.29, 0.717) is 11.6 Å². The maximum Gasteiger partial charge on any atom is 0.355 e. The average molecular weight is 299 g/mol. The quantitative estimate of drug-likeness (QED) is 0.758. The highest BCUT2D eigenvalue weighted by Crippen LogP contribution is 2.11. The second-order valence-electron chi connectivity index (χ2n) is 4.48. The molecule has 2 heterocycles. The Morgan fingerprint density at radius 2 is 2.30 bits per heavy atom. The number of hydrogen-bond acceptors (Lipinski definition) is 5. The van der Waals surface area contributed by atoms with Gasteiger partial charge < -0.3 is 20.5 Å². The molecule has 0 bridgehead atoms. The number of carboxylic acid groups (broad SMARTS) is 1. The number of aromatic carboxylic acids is 1. The van der Waals surface area contributed by atoms with Crippen molar-refractivity contribution >= 4 is 23.3 Å². The topological polar surface area (TPSA) is 101 Å². The molecule has 1 saturated heterocycles. The Hall–Kier alpha value is -1.67. The first-order valence-corrected chi connectivity index (χ1v) is 7.34. The van der Waals surface area contributed by atoms with E-state index >= 15 is 0 Å². The van der Waals surface area contributed by atoms with E-state index in [2.05, 4.69) is 15.6 Å². The highest BCUT2D eigenvalue weighted by atomic mass is 32.1. The highest BCUT2D eigenvalue weighted by molar-refractivity contribution is 7.09. The lowest BCUT2D eigenvalue weighted by molar-refractivity contribution is 0.0184. The first-order chi connectivity index (χ1) is 9.65. The van der Waals surface area contributed by atoms with Gasteiger partial charge in [-0.2, -0.15) is 0 Å². The van der Waals surface area contributed by atoms with Gasteiger partial charge in [0.2, 0.25) is 0 Å². The number of carboxylic acids is 1. The zero-order chi connectivity index (χ0) is 14.4. The minimum absolute atomic E-state index is 0.00261. The third-order valence-electron chi connectivity index (χ3n) is 2.94. The van der Waals surface area contributed by atoms with Crippen molar-refractivity contribution < 1.29 is 19.4 Å². The van der Waals surface area contributed by atoms with E-state index in [-0.39, 0.29) is 24.4 Å². The van der Waals surface area contributed by atoms with Gasteiger partial charge in [0.05, 0.1) is 12.6 Å². The minimum atomic E-state index is -1.06. The molecule has 20 heavy (non-hydrogen) atoms. The molecule has 1 aromatic heterocycles. The van der Waals surface area contributed by atoms with Gasteiger partial charge >= 0.3 is 12.0 Å². The smallest absolute Gasteiger partial charge is 0.355 e. The van der Waals surface area contributed by atoms with Crippen molar-refractivity contribution in [3.05, 3.63) is 16.1 Å². The van der Waals surface area contributed by atoms with E-state index in [0.717, 1.165) is 25.9 Å². The number of amides is 2. The molecule has 2 rings (SSSR count). The van der Waals surface area contributed by atoms with Gasteiger partial charge in [-0.1, -0.05) is 0 Å². The third kappa shape index (κ3) is 4.46. The number of thiazole rings is 1. The Morgan fingerprint density at radius 3 is 2.95 bits per heavy atom. The van der Waals surface area contributed by atoms with Crippen LogP contribution in [-0.2, 0) is 11.3 Å². The molecule has 1 atom stereocenters. The van der Waals surface area contributed by atoms with E-state index in [1.54, 1.807) is 0 Å². The summed E-state index contributed by atoms with van der Waals surface area (Å²) in [6, 6.07) is -0.300. The summed E-state index contributed by atoms with van der Waals surface area (Å²) >= 11 is 1.21. The number of nitrogens with zero attached hydrogens (tertiary/aromatic N) is 1. The van der Waals surface area contributed by atoms with E-state index in [4.69, 9.17) is 9.84 Å². The maximum absolute atomic E-state index is 11.6.